The van der Waals surface area contributed by atoms with Crippen LogP contribution < -0.4 is 5.32 Å². The Labute approximate surface area is 349 Å². The van der Waals surface area contributed by atoms with E-state index in [0.29, 0.717) is 12.8 Å². The fourth-order valence-corrected chi connectivity index (χ4v) is 7.99. The molecular formula is C50H99NO5. The number of aliphatic hydroxyl groups is 4. The molecule has 0 bridgehead atoms. The second-order valence-electron chi connectivity index (χ2n) is 17.5. The van der Waals surface area contributed by atoms with Gasteiger partial charge < -0.3 is 25.7 Å². The Kier molecular flexibility index (Phi) is 44.4. The predicted molar refractivity (Wildman–Crippen MR) is 242 cm³/mol. The molecule has 5 N–H and O–H groups in total. The SMILES string of the molecule is CCCCCCCCCCCCCCCCCC/C=C/CCCC(O)C(O)C(CO)NC(=O)C(O)CCCCCCCCCCCCCCCCCCCCC. The first-order valence-electron chi connectivity index (χ1n) is 25.1. The standard InChI is InChI=1S/C50H99NO5/c1-3-5-7-9-11-13-15-17-19-21-23-24-26-27-29-31-33-35-37-39-41-43-47(53)49(55)46(45-52)51-50(56)48(54)44-42-40-38-36-34-32-30-28-25-22-20-18-16-14-12-10-8-6-4-2/h35,37,46-49,52-55H,3-34,36,38-45H2,1-2H3,(H,51,56)/b37-35+. The fraction of sp³-hybridized carbons (Fsp3) is 0.940. The topological polar surface area (TPSA) is 110 Å². The number of hydrogen-bond acceptors (Lipinski definition) is 5. The molecule has 0 aromatic heterocycles. The van der Waals surface area contributed by atoms with Crippen molar-refractivity contribution < 1.29 is 25.2 Å². The maximum atomic E-state index is 12.5. The summed E-state index contributed by atoms with van der Waals surface area (Å²) in [6, 6.07) is -0.997. The molecular weight excluding hydrogens is 695 g/mol. The number of amides is 1. The lowest BCUT2D eigenvalue weighted by Crippen LogP contribution is -2.53. The van der Waals surface area contributed by atoms with E-state index in [1.54, 1.807) is 0 Å². The monoisotopic (exact) mass is 794 g/mol. The highest BCUT2D eigenvalue weighted by Crippen LogP contribution is 2.17. The van der Waals surface area contributed by atoms with E-state index < -0.39 is 36.9 Å². The second-order valence-corrected chi connectivity index (χ2v) is 17.5. The minimum Gasteiger partial charge on any atom is -0.394 e. The molecule has 0 aliphatic rings. The first-order chi connectivity index (χ1) is 27.5. The summed E-state index contributed by atoms with van der Waals surface area (Å²) in [4.78, 5) is 12.5. The molecule has 334 valence electrons. The number of hydrogen-bond donors (Lipinski definition) is 5. The molecule has 0 spiro atoms. The van der Waals surface area contributed by atoms with E-state index in [9.17, 15) is 25.2 Å². The van der Waals surface area contributed by atoms with Crippen LogP contribution in [-0.4, -0.2) is 57.3 Å². The maximum absolute atomic E-state index is 12.5. The highest BCUT2D eigenvalue weighted by atomic mass is 16.3. The van der Waals surface area contributed by atoms with E-state index >= 15 is 0 Å². The Hall–Kier alpha value is -0.950. The molecule has 0 rings (SSSR count). The van der Waals surface area contributed by atoms with Crippen LogP contribution in [0.1, 0.15) is 271 Å². The average molecular weight is 794 g/mol. The first-order valence-corrected chi connectivity index (χ1v) is 25.1. The molecule has 56 heavy (non-hydrogen) atoms. The van der Waals surface area contributed by atoms with E-state index in [1.807, 2.05) is 0 Å². The highest BCUT2D eigenvalue weighted by molar-refractivity contribution is 5.80. The Balaban J connectivity index is 3.69. The van der Waals surface area contributed by atoms with Crippen LogP contribution in [0.2, 0.25) is 0 Å². The minimum absolute atomic E-state index is 0.368. The number of carbonyl (C=O) groups is 1. The van der Waals surface area contributed by atoms with Gasteiger partial charge in [0.1, 0.15) is 12.2 Å². The van der Waals surface area contributed by atoms with Gasteiger partial charge in [0.05, 0.1) is 18.8 Å². The van der Waals surface area contributed by atoms with Gasteiger partial charge in [-0.2, -0.15) is 0 Å². The van der Waals surface area contributed by atoms with Crippen molar-refractivity contribution in [2.75, 3.05) is 6.61 Å². The van der Waals surface area contributed by atoms with Crippen molar-refractivity contribution in [1.82, 2.24) is 5.32 Å². The Morgan fingerprint density at radius 1 is 0.429 bits per heavy atom. The lowest BCUT2D eigenvalue weighted by molar-refractivity contribution is -0.132. The van der Waals surface area contributed by atoms with Crippen molar-refractivity contribution in [3.05, 3.63) is 12.2 Å². The van der Waals surface area contributed by atoms with Crippen LogP contribution in [0.15, 0.2) is 12.2 Å². The summed E-state index contributed by atoms with van der Waals surface area (Å²) < 4.78 is 0. The summed E-state index contributed by atoms with van der Waals surface area (Å²) in [6.45, 7) is 4.07. The third-order valence-corrected chi connectivity index (χ3v) is 12.0. The molecule has 0 aliphatic heterocycles. The van der Waals surface area contributed by atoms with Gasteiger partial charge >= 0.3 is 0 Å². The molecule has 0 saturated heterocycles. The Morgan fingerprint density at radius 3 is 1.07 bits per heavy atom. The summed E-state index contributed by atoms with van der Waals surface area (Å²) >= 11 is 0. The third-order valence-electron chi connectivity index (χ3n) is 12.0. The van der Waals surface area contributed by atoms with Gasteiger partial charge in [-0.15, -0.1) is 0 Å². The first kappa shape index (κ1) is 55.0. The lowest BCUT2D eigenvalue weighted by atomic mass is 10.00. The van der Waals surface area contributed by atoms with E-state index in [0.717, 1.165) is 38.5 Å². The minimum atomic E-state index is -1.28. The van der Waals surface area contributed by atoms with Gasteiger partial charge in [-0.25, -0.2) is 0 Å². The number of aliphatic hydroxyl groups excluding tert-OH is 4. The quantitative estimate of drug-likeness (QED) is 0.0311. The van der Waals surface area contributed by atoms with Crippen LogP contribution in [0.3, 0.4) is 0 Å². The van der Waals surface area contributed by atoms with Crippen LogP contribution in [0.4, 0.5) is 0 Å². The third kappa shape index (κ3) is 38.6. The summed E-state index contributed by atoms with van der Waals surface area (Å²) in [5.74, 6) is -0.588. The molecule has 0 aromatic carbocycles. The van der Waals surface area contributed by atoms with E-state index in [-0.39, 0.29) is 0 Å². The molecule has 6 nitrogen and oxygen atoms in total. The van der Waals surface area contributed by atoms with Crippen molar-refractivity contribution in [2.24, 2.45) is 0 Å². The van der Waals surface area contributed by atoms with E-state index in [4.69, 9.17) is 0 Å². The van der Waals surface area contributed by atoms with Crippen molar-refractivity contribution in [2.45, 2.75) is 295 Å². The van der Waals surface area contributed by atoms with Gasteiger partial charge in [-0.3, -0.25) is 4.79 Å². The zero-order chi connectivity index (χ0) is 41.0. The molecule has 0 aliphatic carbocycles. The summed E-state index contributed by atoms with van der Waals surface area (Å²) in [5, 5.41) is 43.8. The number of nitrogens with one attached hydrogen (secondary N) is 1. The molecule has 0 radical (unpaired) electrons. The second kappa shape index (κ2) is 45.1. The van der Waals surface area contributed by atoms with Gasteiger partial charge in [-0.1, -0.05) is 244 Å². The molecule has 4 atom stereocenters. The van der Waals surface area contributed by atoms with Crippen molar-refractivity contribution in [3.63, 3.8) is 0 Å². The molecule has 1 amide bonds. The van der Waals surface area contributed by atoms with Gasteiger partial charge in [0.15, 0.2) is 0 Å². The summed E-state index contributed by atoms with van der Waals surface area (Å²) in [7, 11) is 0. The van der Waals surface area contributed by atoms with Crippen LogP contribution >= 0.6 is 0 Å². The maximum Gasteiger partial charge on any atom is 0.249 e. The fourth-order valence-electron chi connectivity index (χ4n) is 7.99. The largest absolute Gasteiger partial charge is 0.394 e. The molecule has 6 heteroatoms. The molecule has 0 fully saturated rings. The molecule has 0 aromatic rings. The number of rotatable bonds is 46. The highest BCUT2D eigenvalue weighted by Gasteiger charge is 2.28. The summed E-state index contributed by atoms with van der Waals surface area (Å²) in [6.07, 6.45) is 51.2. The van der Waals surface area contributed by atoms with Crippen LogP contribution in [0.25, 0.3) is 0 Å². The molecule has 0 heterocycles. The van der Waals surface area contributed by atoms with Crippen LogP contribution in [-0.2, 0) is 4.79 Å². The molecule has 0 saturated carbocycles. The van der Waals surface area contributed by atoms with Crippen molar-refractivity contribution >= 4 is 5.91 Å². The van der Waals surface area contributed by atoms with Gasteiger partial charge in [0.25, 0.3) is 0 Å². The smallest absolute Gasteiger partial charge is 0.249 e. The van der Waals surface area contributed by atoms with Crippen LogP contribution in [0.5, 0.6) is 0 Å². The zero-order valence-corrected chi connectivity index (χ0v) is 37.7. The van der Waals surface area contributed by atoms with E-state index in [1.165, 1.54) is 205 Å². The predicted octanol–water partition coefficient (Wildman–Crippen LogP) is 13.7. The average Bonchev–Trinajstić information content (AvgIpc) is 3.20. The number of unbranched alkanes of at least 4 members (excludes halogenated alkanes) is 35. The van der Waals surface area contributed by atoms with Crippen molar-refractivity contribution in [3.8, 4) is 0 Å². The van der Waals surface area contributed by atoms with Gasteiger partial charge in [-0.05, 0) is 38.5 Å². The van der Waals surface area contributed by atoms with Gasteiger partial charge in [0, 0.05) is 0 Å². The summed E-state index contributed by atoms with van der Waals surface area (Å²) in [5.41, 5.74) is 0. The molecule has 4 unspecified atom stereocenters. The van der Waals surface area contributed by atoms with Gasteiger partial charge in [0.2, 0.25) is 5.91 Å². The normalized spacial score (nSPS) is 14.0. The Morgan fingerprint density at radius 2 is 0.732 bits per heavy atom. The number of allylic oxidation sites excluding steroid dienone is 2. The lowest BCUT2D eigenvalue weighted by Gasteiger charge is -2.27. The van der Waals surface area contributed by atoms with Crippen LogP contribution in [0, 0.1) is 0 Å². The Bertz CT molecular complexity index is 806. The van der Waals surface area contributed by atoms with E-state index in [2.05, 4.69) is 31.3 Å². The zero-order valence-electron chi connectivity index (χ0n) is 37.7. The number of carbonyl (C=O) groups excluding carboxylic acids is 1. The van der Waals surface area contributed by atoms with Crippen molar-refractivity contribution in [1.29, 1.82) is 0 Å².